The number of nitrogens with one attached hydrogen (secondary N) is 2. The van der Waals surface area contributed by atoms with Crippen molar-refractivity contribution in [1.29, 1.82) is 0 Å². The summed E-state index contributed by atoms with van der Waals surface area (Å²) in [6.07, 6.45) is 2.15. The first-order valence-corrected chi connectivity index (χ1v) is 9.89. The van der Waals surface area contributed by atoms with Crippen LogP contribution in [-0.2, 0) is 0 Å². The fourth-order valence-electron chi connectivity index (χ4n) is 3.66. The van der Waals surface area contributed by atoms with Crippen molar-refractivity contribution < 1.29 is 0 Å². The Kier molecular flexibility index (Phi) is 5.53. The molecule has 2 aromatic carbocycles. The Bertz CT molecular complexity index is 917. The van der Waals surface area contributed by atoms with Gasteiger partial charge in [-0.1, -0.05) is 42.5 Å². The second-order valence-electron chi connectivity index (χ2n) is 7.42. The van der Waals surface area contributed by atoms with Crippen LogP contribution in [0.15, 0.2) is 60.7 Å². The smallest absolute Gasteiger partial charge is 0.134 e. The third kappa shape index (κ3) is 4.15. The minimum atomic E-state index is 0.398. The van der Waals surface area contributed by atoms with E-state index in [-0.39, 0.29) is 0 Å². The topological polar surface area (TPSA) is 53.1 Å². The summed E-state index contributed by atoms with van der Waals surface area (Å²) in [6.45, 7) is 2.05. The molecule has 5 nitrogen and oxygen atoms in total. The fourth-order valence-corrected chi connectivity index (χ4v) is 3.66. The quantitative estimate of drug-likeness (QED) is 0.693. The van der Waals surface area contributed by atoms with Gasteiger partial charge in [-0.05, 0) is 38.1 Å². The highest BCUT2D eigenvalue weighted by Gasteiger charge is 2.20. The number of rotatable bonds is 5. The number of para-hydroxylation sites is 2. The highest BCUT2D eigenvalue weighted by Crippen LogP contribution is 2.30. The van der Waals surface area contributed by atoms with E-state index in [0.29, 0.717) is 5.92 Å². The van der Waals surface area contributed by atoms with Crippen molar-refractivity contribution in [3.63, 3.8) is 0 Å². The lowest BCUT2D eigenvalue weighted by Crippen LogP contribution is -2.27. The van der Waals surface area contributed by atoms with Crippen molar-refractivity contribution in [3.05, 3.63) is 66.5 Å². The maximum absolute atomic E-state index is 4.94. The molecule has 2 N–H and O–H groups in total. The highest BCUT2D eigenvalue weighted by molar-refractivity contribution is 5.75. The van der Waals surface area contributed by atoms with Gasteiger partial charge >= 0.3 is 0 Å². The number of benzene rings is 2. The predicted octanol–water partition coefficient (Wildman–Crippen LogP) is 4.42. The molecular formula is C23H27N5. The number of hydrogen-bond donors (Lipinski definition) is 2. The molecule has 0 saturated carbocycles. The monoisotopic (exact) mass is 373 g/mol. The molecule has 1 aliphatic heterocycles. The third-order valence-corrected chi connectivity index (χ3v) is 5.17. The third-order valence-electron chi connectivity index (χ3n) is 5.17. The van der Waals surface area contributed by atoms with Crippen LogP contribution in [0.4, 0.5) is 17.2 Å². The van der Waals surface area contributed by atoms with E-state index in [1.54, 1.807) is 0 Å². The van der Waals surface area contributed by atoms with Crippen LogP contribution in [0.5, 0.6) is 0 Å². The number of aromatic nitrogens is 2. The summed E-state index contributed by atoms with van der Waals surface area (Å²) in [5, 5.41) is 6.96. The summed E-state index contributed by atoms with van der Waals surface area (Å²) in [7, 11) is 4.10. The van der Waals surface area contributed by atoms with Gasteiger partial charge in [-0.25, -0.2) is 9.97 Å². The average molecular weight is 374 g/mol. The molecule has 0 bridgehead atoms. The average Bonchev–Trinajstić information content (AvgIpc) is 2.75. The van der Waals surface area contributed by atoms with Crippen LogP contribution in [0.1, 0.15) is 24.6 Å². The maximum atomic E-state index is 4.94. The molecule has 1 aromatic heterocycles. The van der Waals surface area contributed by atoms with Crippen molar-refractivity contribution in [2.24, 2.45) is 0 Å². The molecule has 0 unspecified atom stereocenters. The van der Waals surface area contributed by atoms with Gasteiger partial charge in [0.15, 0.2) is 0 Å². The van der Waals surface area contributed by atoms with E-state index < -0.39 is 0 Å². The van der Waals surface area contributed by atoms with Crippen molar-refractivity contribution in [2.45, 2.75) is 18.8 Å². The molecule has 28 heavy (non-hydrogen) atoms. The molecule has 0 atom stereocenters. The number of hydrogen-bond acceptors (Lipinski definition) is 5. The summed E-state index contributed by atoms with van der Waals surface area (Å²) in [6, 6.07) is 20.7. The first-order valence-electron chi connectivity index (χ1n) is 9.89. The van der Waals surface area contributed by atoms with Crippen molar-refractivity contribution in [3.8, 4) is 11.3 Å². The molecule has 144 valence electrons. The van der Waals surface area contributed by atoms with Crippen molar-refractivity contribution in [1.82, 2.24) is 15.3 Å². The van der Waals surface area contributed by atoms with Gasteiger partial charge in [0.2, 0.25) is 0 Å². The molecule has 1 fully saturated rings. The second-order valence-corrected chi connectivity index (χ2v) is 7.42. The van der Waals surface area contributed by atoms with Gasteiger partial charge in [-0.3, -0.25) is 0 Å². The Morgan fingerprint density at radius 3 is 2.39 bits per heavy atom. The second kappa shape index (κ2) is 8.40. The van der Waals surface area contributed by atoms with Crippen LogP contribution in [0, 0.1) is 0 Å². The van der Waals surface area contributed by atoms with E-state index in [9.17, 15) is 0 Å². The lowest BCUT2D eigenvalue weighted by molar-refractivity contribution is 0.445. The molecule has 0 spiro atoms. The molecular weight excluding hydrogens is 346 g/mol. The van der Waals surface area contributed by atoms with E-state index in [1.807, 2.05) is 18.2 Å². The van der Waals surface area contributed by atoms with Crippen molar-refractivity contribution >= 4 is 17.2 Å². The fraction of sp³-hybridized carbons (Fsp3) is 0.304. The first kappa shape index (κ1) is 18.4. The summed E-state index contributed by atoms with van der Waals surface area (Å²) in [4.78, 5) is 12.0. The molecule has 3 aromatic rings. The van der Waals surface area contributed by atoms with Gasteiger partial charge in [0.1, 0.15) is 11.6 Å². The Labute approximate surface area is 166 Å². The predicted molar refractivity (Wildman–Crippen MR) is 116 cm³/mol. The van der Waals surface area contributed by atoms with Gasteiger partial charge in [-0.15, -0.1) is 0 Å². The molecule has 1 saturated heterocycles. The standard InChI is InChI=1S/C23H27N5/c1-28(2)21-11-7-6-10-19(21)25-22-16-20(17-8-4-3-5-9-17)26-23(27-22)18-12-14-24-15-13-18/h3-11,16,18,24H,12-15H2,1-2H3,(H,25,26,27). The van der Waals surface area contributed by atoms with E-state index in [0.717, 1.165) is 60.2 Å². The van der Waals surface area contributed by atoms with Crippen LogP contribution < -0.4 is 15.5 Å². The SMILES string of the molecule is CN(C)c1ccccc1Nc1cc(-c2ccccc2)nc(C2CCNCC2)n1. The Hall–Kier alpha value is -2.92. The molecule has 2 heterocycles. The molecule has 4 rings (SSSR count). The lowest BCUT2D eigenvalue weighted by Gasteiger charge is -2.23. The lowest BCUT2D eigenvalue weighted by atomic mass is 9.97. The zero-order valence-corrected chi connectivity index (χ0v) is 16.5. The first-order chi connectivity index (χ1) is 13.7. The van der Waals surface area contributed by atoms with Crippen LogP contribution in [0.25, 0.3) is 11.3 Å². The summed E-state index contributed by atoms with van der Waals surface area (Å²) < 4.78 is 0. The maximum Gasteiger partial charge on any atom is 0.134 e. The van der Waals surface area contributed by atoms with E-state index in [1.165, 1.54) is 0 Å². The minimum absolute atomic E-state index is 0.398. The number of piperidine rings is 1. The minimum Gasteiger partial charge on any atom is -0.376 e. The van der Waals surface area contributed by atoms with Gasteiger partial charge in [0, 0.05) is 31.6 Å². The van der Waals surface area contributed by atoms with Gasteiger partial charge < -0.3 is 15.5 Å². The zero-order chi connectivity index (χ0) is 19.3. The molecule has 0 radical (unpaired) electrons. The number of nitrogens with zero attached hydrogens (tertiary/aromatic N) is 3. The van der Waals surface area contributed by atoms with E-state index >= 15 is 0 Å². The summed E-state index contributed by atoms with van der Waals surface area (Å²) in [5.41, 5.74) is 4.25. The van der Waals surface area contributed by atoms with Gasteiger partial charge in [-0.2, -0.15) is 0 Å². The molecule has 0 aliphatic carbocycles. The van der Waals surface area contributed by atoms with Crippen molar-refractivity contribution in [2.75, 3.05) is 37.4 Å². The van der Waals surface area contributed by atoms with E-state index in [4.69, 9.17) is 9.97 Å². The Morgan fingerprint density at radius 1 is 0.929 bits per heavy atom. The van der Waals surface area contributed by atoms with Crippen LogP contribution >= 0.6 is 0 Å². The number of anilines is 3. The highest BCUT2D eigenvalue weighted by atomic mass is 15.1. The zero-order valence-electron chi connectivity index (χ0n) is 16.5. The Morgan fingerprint density at radius 2 is 1.64 bits per heavy atom. The molecule has 5 heteroatoms. The Balaban J connectivity index is 1.74. The summed E-state index contributed by atoms with van der Waals surface area (Å²) >= 11 is 0. The van der Waals surface area contributed by atoms with Gasteiger partial charge in [0.25, 0.3) is 0 Å². The largest absolute Gasteiger partial charge is 0.376 e. The van der Waals surface area contributed by atoms with E-state index in [2.05, 4.69) is 72.1 Å². The molecule has 0 amide bonds. The van der Waals surface area contributed by atoms with Crippen LogP contribution in [0.2, 0.25) is 0 Å². The normalized spacial score (nSPS) is 14.6. The summed E-state index contributed by atoms with van der Waals surface area (Å²) in [5.74, 6) is 2.18. The van der Waals surface area contributed by atoms with Gasteiger partial charge in [0.05, 0.1) is 17.1 Å². The van der Waals surface area contributed by atoms with Crippen LogP contribution in [-0.4, -0.2) is 37.2 Å². The van der Waals surface area contributed by atoms with Crippen LogP contribution in [0.3, 0.4) is 0 Å². The molecule has 1 aliphatic rings.